The summed E-state index contributed by atoms with van der Waals surface area (Å²) in [6.45, 7) is 3.88. The fourth-order valence-corrected chi connectivity index (χ4v) is 2.69. The number of aromatic carboxylic acids is 1. The molecule has 0 saturated heterocycles. The van der Waals surface area contributed by atoms with Gasteiger partial charge in [0.05, 0.1) is 5.56 Å². The number of anilines is 1. The largest absolute Gasteiger partial charge is 0.478 e. The maximum atomic E-state index is 11.7. The first kappa shape index (κ1) is 16.6. The average Bonchev–Trinajstić information content (AvgIpc) is 2.40. The summed E-state index contributed by atoms with van der Waals surface area (Å²) >= 11 is 1.77. The minimum Gasteiger partial charge on any atom is -0.478 e. The lowest BCUT2D eigenvalue weighted by Gasteiger charge is -2.07. The van der Waals surface area contributed by atoms with Gasteiger partial charge in [-0.2, -0.15) is 11.8 Å². The summed E-state index contributed by atoms with van der Waals surface area (Å²) in [7, 11) is 0. The van der Waals surface area contributed by atoms with Crippen LogP contribution in [0.25, 0.3) is 0 Å². The number of nitrogens with one attached hydrogen (secondary N) is 1. The Morgan fingerprint density at radius 3 is 2.70 bits per heavy atom. The molecule has 0 radical (unpaired) electrons. The number of aryl methyl sites for hydroxylation is 1. The molecular weight excluding hydrogens is 274 g/mol. The molecule has 5 heteroatoms. The average molecular weight is 295 g/mol. The summed E-state index contributed by atoms with van der Waals surface area (Å²) in [4.78, 5) is 22.8. The summed E-state index contributed by atoms with van der Waals surface area (Å²) in [5, 5.41) is 11.8. The van der Waals surface area contributed by atoms with E-state index in [0.29, 0.717) is 17.7 Å². The normalized spacial score (nSPS) is 10.3. The van der Waals surface area contributed by atoms with Crippen molar-refractivity contribution in [2.75, 3.05) is 16.8 Å². The molecule has 0 bridgehead atoms. The van der Waals surface area contributed by atoms with E-state index in [1.165, 1.54) is 18.9 Å². The first-order valence-electron chi connectivity index (χ1n) is 6.76. The molecule has 0 spiro atoms. The summed E-state index contributed by atoms with van der Waals surface area (Å²) < 4.78 is 0. The van der Waals surface area contributed by atoms with Gasteiger partial charge in [0.15, 0.2) is 0 Å². The van der Waals surface area contributed by atoms with E-state index in [2.05, 4.69) is 12.2 Å². The van der Waals surface area contributed by atoms with E-state index in [-0.39, 0.29) is 11.5 Å². The number of carboxylic acid groups (broad SMARTS) is 1. The zero-order valence-corrected chi connectivity index (χ0v) is 12.8. The van der Waals surface area contributed by atoms with Crippen molar-refractivity contribution in [2.24, 2.45) is 0 Å². The van der Waals surface area contributed by atoms with E-state index in [4.69, 9.17) is 5.11 Å². The molecule has 1 aromatic carbocycles. The van der Waals surface area contributed by atoms with Crippen molar-refractivity contribution < 1.29 is 14.7 Å². The minimum absolute atomic E-state index is 0.0748. The molecule has 2 N–H and O–H groups in total. The number of carbonyl (C=O) groups is 2. The molecule has 1 amide bonds. The number of benzene rings is 1. The van der Waals surface area contributed by atoms with Crippen LogP contribution in [0.4, 0.5) is 5.69 Å². The van der Waals surface area contributed by atoms with Crippen molar-refractivity contribution in [3.05, 3.63) is 29.3 Å². The van der Waals surface area contributed by atoms with Crippen LogP contribution in [0.2, 0.25) is 0 Å². The van der Waals surface area contributed by atoms with Gasteiger partial charge in [-0.3, -0.25) is 4.79 Å². The van der Waals surface area contributed by atoms with Crippen LogP contribution in [0.15, 0.2) is 18.2 Å². The van der Waals surface area contributed by atoms with E-state index in [1.54, 1.807) is 30.8 Å². The van der Waals surface area contributed by atoms with Crippen LogP contribution in [0, 0.1) is 6.92 Å². The van der Waals surface area contributed by atoms with Crippen LogP contribution >= 0.6 is 11.8 Å². The van der Waals surface area contributed by atoms with Crippen molar-refractivity contribution in [1.29, 1.82) is 0 Å². The van der Waals surface area contributed by atoms with Gasteiger partial charge >= 0.3 is 5.97 Å². The van der Waals surface area contributed by atoms with Crippen LogP contribution < -0.4 is 5.32 Å². The molecule has 0 saturated carbocycles. The maximum absolute atomic E-state index is 11.7. The Morgan fingerprint density at radius 1 is 1.30 bits per heavy atom. The second kappa shape index (κ2) is 8.64. The van der Waals surface area contributed by atoms with Crippen LogP contribution in [0.5, 0.6) is 0 Å². The molecule has 0 unspecified atom stereocenters. The standard InChI is InChI=1S/C15H21NO3S/c1-3-4-8-20-9-7-14(17)16-12-6-5-11(2)13(10-12)15(18)19/h5-6,10H,3-4,7-9H2,1-2H3,(H,16,17)(H,18,19). The number of amides is 1. The molecule has 110 valence electrons. The third kappa shape index (κ3) is 5.65. The van der Waals surface area contributed by atoms with Gasteiger partial charge in [-0.05, 0) is 36.8 Å². The van der Waals surface area contributed by atoms with Gasteiger partial charge in [0, 0.05) is 17.9 Å². The Bertz CT molecular complexity index is 474. The second-order valence-corrected chi connectivity index (χ2v) is 5.82. The third-order valence-corrected chi connectivity index (χ3v) is 3.94. The van der Waals surface area contributed by atoms with Crippen molar-refractivity contribution in [2.45, 2.75) is 33.1 Å². The molecule has 1 aromatic rings. The minimum atomic E-state index is -0.978. The van der Waals surface area contributed by atoms with E-state index >= 15 is 0 Å². The zero-order valence-electron chi connectivity index (χ0n) is 11.9. The predicted molar refractivity (Wildman–Crippen MR) is 83.6 cm³/mol. The molecule has 0 heterocycles. The fourth-order valence-electron chi connectivity index (χ4n) is 1.67. The number of thioether (sulfide) groups is 1. The highest BCUT2D eigenvalue weighted by Crippen LogP contribution is 2.16. The molecule has 1 rings (SSSR count). The van der Waals surface area contributed by atoms with Gasteiger partial charge in [0.1, 0.15) is 0 Å². The van der Waals surface area contributed by atoms with E-state index < -0.39 is 5.97 Å². The Labute approximate surface area is 124 Å². The van der Waals surface area contributed by atoms with Gasteiger partial charge in [-0.1, -0.05) is 19.4 Å². The number of rotatable bonds is 8. The van der Waals surface area contributed by atoms with Crippen LogP contribution in [0.1, 0.15) is 42.1 Å². The number of unbranched alkanes of at least 4 members (excludes halogenated alkanes) is 1. The summed E-state index contributed by atoms with van der Waals surface area (Å²) in [5.74, 6) is 0.823. The van der Waals surface area contributed by atoms with E-state index in [1.807, 2.05) is 0 Å². The van der Waals surface area contributed by atoms with Crippen LogP contribution in [0.3, 0.4) is 0 Å². The molecule has 0 aliphatic rings. The number of hydrogen-bond donors (Lipinski definition) is 2. The summed E-state index contributed by atoms with van der Waals surface area (Å²) in [6.07, 6.45) is 2.79. The molecule has 0 fully saturated rings. The summed E-state index contributed by atoms with van der Waals surface area (Å²) in [5.41, 5.74) is 1.45. The highest BCUT2D eigenvalue weighted by atomic mass is 32.2. The fraction of sp³-hybridized carbons (Fsp3) is 0.467. The van der Waals surface area contributed by atoms with E-state index in [9.17, 15) is 9.59 Å². The van der Waals surface area contributed by atoms with Crippen LogP contribution in [-0.4, -0.2) is 28.5 Å². The van der Waals surface area contributed by atoms with Gasteiger partial charge in [0.2, 0.25) is 5.91 Å². The van der Waals surface area contributed by atoms with Crippen molar-refractivity contribution in [3.8, 4) is 0 Å². The molecule has 0 aromatic heterocycles. The van der Waals surface area contributed by atoms with Gasteiger partial charge in [0.25, 0.3) is 0 Å². The second-order valence-electron chi connectivity index (χ2n) is 4.60. The van der Waals surface area contributed by atoms with E-state index in [0.717, 1.165) is 11.5 Å². The Hall–Kier alpha value is -1.49. The lowest BCUT2D eigenvalue weighted by Crippen LogP contribution is -2.13. The third-order valence-electron chi connectivity index (χ3n) is 2.87. The van der Waals surface area contributed by atoms with Gasteiger partial charge in [-0.25, -0.2) is 4.79 Å². The molecule has 0 aliphatic carbocycles. The molecule has 0 aliphatic heterocycles. The highest BCUT2D eigenvalue weighted by molar-refractivity contribution is 7.99. The van der Waals surface area contributed by atoms with Crippen molar-refractivity contribution in [1.82, 2.24) is 0 Å². The lowest BCUT2D eigenvalue weighted by atomic mass is 10.1. The Balaban J connectivity index is 2.46. The lowest BCUT2D eigenvalue weighted by molar-refractivity contribution is -0.115. The number of carbonyl (C=O) groups excluding carboxylic acids is 1. The van der Waals surface area contributed by atoms with Gasteiger partial charge in [-0.15, -0.1) is 0 Å². The number of carboxylic acids is 1. The van der Waals surface area contributed by atoms with Crippen molar-refractivity contribution in [3.63, 3.8) is 0 Å². The Morgan fingerprint density at radius 2 is 2.05 bits per heavy atom. The zero-order chi connectivity index (χ0) is 15.0. The molecule has 20 heavy (non-hydrogen) atoms. The predicted octanol–water partition coefficient (Wildman–Crippen LogP) is 3.56. The maximum Gasteiger partial charge on any atom is 0.336 e. The molecule has 0 atom stereocenters. The van der Waals surface area contributed by atoms with Crippen molar-refractivity contribution >= 4 is 29.3 Å². The highest BCUT2D eigenvalue weighted by Gasteiger charge is 2.09. The quantitative estimate of drug-likeness (QED) is 0.720. The smallest absolute Gasteiger partial charge is 0.336 e. The SMILES string of the molecule is CCCCSCCC(=O)Nc1ccc(C)c(C(=O)O)c1. The topological polar surface area (TPSA) is 66.4 Å². The molecule has 4 nitrogen and oxygen atoms in total. The Kier molecular flexibility index (Phi) is 7.15. The first-order chi connectivity index (χ1) is 9.54. The monoisotopic (exact) mass is 295 g/mol. The molecular formula is C15H21NO3S. The first-order valence-corrected chi connectivity index (χ1v) is 7.91. The number of hydrogen-bond acceptors (Lipinski definition) is 3. The summed E-state index contributed by atoms with van der Waals surface area (Å²) in [6, 6.07) is 4.93. The van der Waals surface area contributed by atoms with Crippen LogP contribution in [-0.2, 0) is 4.79 Å². The van der Waals surface area contributed by atoms with Gasteiger partial charge < -0.3 is 10.4 Å².